The number of piperazine rings is 1. The highest BCUT2D eigenvalue weighted by molar-refractivity contribution is 7.89. The summed E-state index contributed by atoms with van der Waals surface area (Å²) in [7, 11) is -3.79. The average Bonchev–Trinajstić information content (AvgIpc) is 3.38. The van der Waals surface area contributed by atoms with Gasteiger partial charge >= 0.3 is 6.36 Å². The van der Waals surface area contributed by atoms with E-state index in [0.29, 0.717) is 19.0 Å². The average molecular weight is 434 g/mol. The van der Waals surface area contributed by atoms with Gasteiger partial charge in [0.15, 0.2) is 0 Å². The van der Waals surface area contributed by atoms with Gasteiger partial charge in [-0.15, -0.1) is 23.4 Å². The van der Waals surface area contributed by atoms with E-state index in [1.54, 1.807) is 11.3 Å². The lowest BCUT2D eigenvalue weighted by Crippen LogP contribution is -2.48. The summed E-state index contributed by atoms with van der Waals surface area (Å²) in [5.74, 6) is 0.0659. The highest BCUT2D eigenvalue weighted by Gasteiger charge is 2.33. The third-order valence-electron chi connectivity index (χ3n) is 4.56. The summed E-state index contributed by atoms with van der Waals surface area (Å²) >= 11 is 1.55. The van der Waals surface area contributed by atoms with Crippen LogP contribution in [-0.2, 0) is 10.0 Å². The molecule has 2 aliphatic rings. The lowest BCUT2D eigenvalue weighted by Gasteiger charge is -2.33. The minimum atomic E-state index is -4.82. The first-order valence-corrected chi connectivity index (χ1v) is 10.9. The summed E-state index contributed by atoms with van der Waals surface area (Å²) in [6.07, 6.45) is -2.53. The molecule has 1 saturated heterocycles. The van der Waals surface area contributed by atoms with Gasteiger partial charge in [0.05, 0.1) is 4.90 Å². The van der Waals surface area contributed by atoms with E-state index in [9.17, 15) is 21.6 Å². The van der Waals surface area contributed by atoms with Gasteiger partial charge in [-0.2, -0.15) is 4.31 Å². The maximum absolute atomic E-state index is 12.7. The Bertz CT molecular complexity index is 935. The largest absolute Gasteiger partial charge is 0.573 e. The SMILES string of the molecule is O=S(=O)(c1ccc(OC(F)(F)F)cc1)N1CCN(c2nnc(C3CC3)s2)CC1. The van der Waals surface area contributed by atoms with Gasteiger partial charge in [-0.25, -0.2) is 8.42 Å². The van der Waals surface area contributed by atoms with Gasteiger partial charge in [0, 0.05) is 32.1 Å². The fourth-order valence-electron chi connectivity index (χ4n) is 2.93. The molecule has 1 aromatic heterocycles. The normalized spacial score (nSPS) is 19.0. The third kappa shape index (κ3) is 4.23. The Morgan fingerprint density at radius 2 is 1.68 bits per heavy atom. The highest BCUT2D eigenvalue weighted by atomic mass is 32.2. The second-order valence-corrected chi connectivity index (χ2v) is 9.53. The van der Waals surface area contributed by atoms with Gasteiger partial charge in [-0.1, -0.05) is 11.3 Å². The number of aromatic nitrogens is 2. The predicted octanol–water partition coefficient (Wildman–Crippen LogP) is 2.83. The van der Waals surface area contributed by atoms with E-state index >= 15 is 0 Å². The molecule has 1 aliphatic carbocycles. The number of halogens is 3. The predicted molar refractivity (Wildman–Crippen MR) is 96.0 cm³/mol. The number of sulfonamides is 1. The van der Waals surface area contributed by atoms with Crippen molar-refractivity contribution in [2.45, 2.75) is 30.0 Å². The molecule has 0 amide bonds. The van der Waals surface area contributed by atoms with Crippen molar-refractivity contribution in [3.8, 4) is 5.75 Å². The Morgan fingerprint density at radius 1 is 1.04 bits per heavy atom. The molecule has 0 spiro atoms. The number of alkyl halides is 3. The van der Waals surface area contributed by atoms with Crippen molar-refractivity contribution in [1.82, 2.24) is 14.5 Å². The maximum Gasteiger partial charge on any atom is 0.573 e. The number of ether oxygens (including phenoxy) is 1. The molecule has 1 aliphatic heterocycles. The van der Waals surface area contributed by atoms with Crippen molar-refractivity contribution in [3.63, 3.8) is 0 Å². The topological polar surface area (TPSA) is 75.6 Å². The molecule has 0 N–H and O–H groups in total. The van der Waals surface area contributed by atoms with E-state index in [4.69, 9.17) is 0 Å². The number of benzene rings is 1. The molecule has 7 nitrogen and oxygen atoms in total. The van der Waals surface area contributed by atoms with E-state index < -0.39 is 22.1 Å². The Hall–Kier alpha value is -1.92. The van der Waals surface area contributed by atoms with Crippen LogP contribution >= 0.6 is 11.3 Å². The molecule has 2 aromatic rings. The summed E-state index contributed by atoms with van der Waals surface area (Å²) in [5, 5.41) is 10.2. The summed E-state index contributed by atoms with van der Waals surface area (Å²) in [4.78, 5) is 1.94. The number of rotatable bonds is 5. The number of hydrogen-bond acceptors (Lipinski definition) is 7. The van der Waals surface area contributed by atoms with Crippen molar-refractivity contribution in [1.29, 1.82) is 0 Å². The molecular weight excluding hydrogens is 417 g/mol. The van der Waals surface area contributed by atoms with Crippen LogP contribution in [0.1, 0.15) is 23.8 Å². The van der Waals surface area contributed by atoms with Crippen molar-refractivity contribution < 1.29 is 26.3 Å². The molecule has 152 valence electrons. The third-order valence-corrected chi connectivity index (χ3v) is 7.62. The van der Waals surface area contributed by atoms with Crippen LogP contribution in [0, 0.1) is 0 Å². The first-order valence-electron chi connectivity index (χ1n) is 8.67. The molecule has 2 fully saturated rings. The molecular formula is C16H17F3N4O3S2. The molecule has 28 heavy (non-hydrogen) atoms. The van der Waals surface area contributed by atoms with Gasteiger partial charge in [0.1, 0.15) is 10.8 Å². The molecule has 2 heterocycles. The standard InChI is InChI=1S/C16H17F3N4O3S2/c17-16(18,19)26-12-3-5-13(6-4-12)28(24,25)23-9-7-22(8-10-23)15-21-20-14(27-15)11-1-2-11/h3-6,11H,1-2,7-10H2. The monoisotopic (exact) mass is 434 g/mol. The minimum Gasteiger partial charge on any atom is -0.406 e. The number of nitrogens with zero attached hydrogens (tertiary/aromatic N) is 4. The maximum atomic E-state index is 12.7. The highest BCUT2D eigenvalue weighted by Crippen LogP contribution is 2.42. The fourth-order valence-corrected chi connectivity index (χ4v) is 5.42. The molecule has 0 bridgehead atoms. The summed E-state index contributed by atoms with van der Waals surface area (Å²) in [5.41, 5.74) is 0. The van der Waals surface area contributed by atoms with E-state index in [1.165, 1.54) is 4.31 Å². The second-order valence-electron chi connectivity index (χ2n) is 6.61. The smallest absolute Gasteiger partial charge is 0.406 e. The van der Waals surface area contributed by atoms with Crippen LogP contribution in [0.2, 0.25) is 0 Å². The summed E-state index contributed by atoms with van der Waals surface area (Å²) in [6.45, 7) is 1.49. The lowest BCUT2D eigenvalue weighted by atomic mass is 10.3. The summed E-state index contributed by atoms with van der Waals surface area (Å²) in [6, 6.07) is 4.24. The molecule has 1 saturated carbocycles. The van der Waals surface area contributed by atoms with E-state index in [-0.39, 0.29) is 18.0 Å². The van der Waals surface area contributed by atoms with Crippen LogP contribution in [0.3, 0.4) is 0 Å². The fraction of sp³-hybridized carbons (Fsp3) is 0.500. The number of hydrogen-bond donors (Lipinski definition) is 0. The van der Waals surface area contributed by atoms with Crippen LogP contribution in [0.15, 0.2) is 29.2 Å². The first-order chi connectivity index (χ1) is 13.2. The molecule has 1 aromatic carbocycles. The van der Waals surface area contributed by atoms with Crippen LogP contribution in [0.5, 0.6) is 5.75 Å². The Labute approximate surface area is 163 Å². The Kier molecular flexibility index (Phi) is 4.96. The van der Waals surface area contributed by atoms with Gasteiger partial charge in [-0.05, 0) is 37.1 Å². The van der Waals surface area contributed by atoms with Crippen molar-refractivity contribution in [2.75, 3.05) is 31.1 Å². The quantitative estimate of drug-likeness (QED) is 0.721. The zero-order valence-electron chi connectivity index (χ0n) is 14.6. The Morgan fingerprint density at radius 3 is 2.25 bits per heavy atom. The van der Waals surface area contributed by atoms with Crippen LogP contribution in [0.25, 0.3) is 0 Å². The van der Waals surface area contributed by atoms with Crippen LogP contribution in [-0.4, -0.2) is 55.5 Å². The van der Waals surface area contributed by atoms with Crippen molar-refractivity contribution in [2.24, 2.45) is 0 Å². The minimum absolute atomic E-state index is 0.0672. The van der Waals surface area contributed by atoms with Crippen LogP contribution in [0.4, 0.5) is 18.3 Å². The van der Waals surface area contributed by atoms with Crippen molar-refractivity contribution >= 4 is 26.5 Å². The van der Waals surface area contributed by atoms with Gasteiger partial charge in [0.2, 0.25) is 15.2 Å². The second kappa shape index (κ2) is 7.16. The van der Waals surface area contributed by atoms with E-state index in [0.717, 1.165) is 47.2 Å². The first kappa shape index (κ1) is 19.4. The molecule has 0 atom stereocenters. The van der Waals surface area contributed by atoms with Gasteiger partial charge in [0.25, 0.3) is 0 Å². The molecule has 4 rings (SSSR count). The van der Waals surface area contributed by atoms with E-state index in [1.807, 2.05) is 4.90 Å². The summed E-state index contributed by atoms with van der Waals surface area (Å²) < 4.78 is 67.3. The molecule has 0 radical (unpaired) electrons. The van der Waals surface area contributed by atoms with Gasteiger partial charge < -0.3 is 9.64 Å². The van der Waals surface area contributed by atoms with Gasteiger partial charge in [-0.3, -0.25) is 0 Å². The molecule has 0 unspecified atom stereocenters. The zero-order valence-corrected chi connectivity index (χ0v) is 16.2. The zero-order chi connectivity index (χ0) is 19.9. The molecule has 12 heteroatoms. The van der Waals surface area contributed by atoms with E-state index in [2.05, 4.69) is 14.9 Å². The van der Waals surface area contributed by atoms with Crippen molar-refractivity contribution in [3.05, 3.63) is 29.3 Å². The Balaban J connectivity index is 1.40. The van der Waals surface area contributed by atoms with Crippen LogP contribution < -0.4 is 9.64 Å². The number of anilines is 1. The lowest BCUT2D eigenvalue weighted by molar-refractivity contribution is -0.274.